The van der Waals surface area contributed by atoms with Crippen LogP contribution >= 0.6 is 0 Å². The van der Waals surface area contributed by atoms with Crippen molar-refractivity contribution < 1.29 is 4.52 Å². The fraction of sp³-hybridized carbons (Fsp3) is 0.667. The Kier molecular flexibility index (Phi) is 3.59. The van der Waals surface area contributed by atoms with Gasteiger partial charge in [-0.3, -0.25) is 4.68 Å². The van der Waals surface area contributed by atoms with Crippen LogP contribution in [0.15, 0.2) is 16.9 Å². The highest BCUT2D eigenvalue weighted by atomic mass is 16.5. The van der Waals surface area contributed by atoms with Gasteiger partial charge in [0.2, 0.25) is 5.89 Å². The van der Waals surface area contributed by atoms with Crippen molar-refractivity contribution in [3.05, 3.63) is 29.7 Å². The van der Waals surface area contributed by atoms with Gasteiger partial charge in [-0.2, -0.15) is 10.1 Å². The Bertz CT molecular complexity index is 564. The molecule has 108 valence electrons. The first-order valence-electron chi connectivity index (χ1n) is 7.40. The molecule has 0 bridgehead atoms. The topological polar surface area (TPSA) is 56.7 Å². The Morgan fingerprint density at radius 3 is 2.65 bits per heavy atom. The molecule has 1 aliphatic rings. The lowest BCUT2D eigenvalue weighted by Crippen LogP contribution is -2.19. The quantitative estimate of drug-likeness (QED) is 0.863. The van der Waals surface area contributed by atoms with Gasteiger partial charge in [0.05, 0.1) is 12.6 Å². The number of aromatic nitrogens is 4. The van der Waals surface area contributed by atoms with Gasteiger partial charge in [0.25, 0.3) is 0 Å². The molecule has 0 spiro atoms. The van der Waals surface area contributed by atoms with Crippen molar-refractivity contribution in [1.29, 1.82) is 0 Å². The Labute approximate surface area is 119 Å². The zero-order chi connectivity index (χ0) is 14.1. The molecular formula is C15H22N4O. The highest BCUT2D eigenvalue weighted by Crippen LogP contribution is 2.37. The van der Waals surface area contributed by atoms with Gasteiger partial charge >= 0.3 is 0 Å². The van der Waals surface area contributed by atoms with Gasteiger partial charge in [-0.15, -0.1) is 0 Å². The molecule has 3 rings (SSSR count). The van der Waals surface area contributed by atoms with Crippen LogP contribution in [-0.2, 0) is 13.5 Å². The van der Waals surface area contributed by atoms with E-state index in [-0.39, 0.29) is 0 Å². The highest BCUT2D eigenvalue weighted by Gasteiger charge is 2.28. The third kappa shape index (κ3) is 2.92. The predicted octanol–water partition coefficient (Wildman–Crippen LogP) is 2.93. The van der Waals surface area contributed by atoms with Crippen LogP contribution in [0.1, 0.15) is 56.3 Å². The molecule has 0 radical (unpaired) electrons. The molecule has 20 heavy (non-hydrogen) atoms. The molecule has 2 aromatic rings. The molecule has 0 saturated heterocycles. The standard InChI is InChI=1S/C15H22N4O/c1-10-4-11(2)6-13(5-10)15-17-14(20-18-15)7-12-8-16-19(3)9-12/h8-11,13H,4-7H2,1-3H3. The van der Waals surface area contributed by atoms with Gasteiger partial charge in [-0.25, -0.2) is 0 Å². The van der Waals surface area contributed by atoms with E-state index in [1.165, 1.54) is 19.3 Å². The summed E-state index contributed by atoms with van der Waals surface area (Å²) in [5.41, 5.74) is 1.10. The lowest BCUT2D eigenvalue weighted by atomic mass is 9.76. The highest BCUT2D eigenvalue weighted by molar-refractivity contribution is 5.10. The normalized spacial score (nSPS) is 26.9. The smallest absolute Gasteiger partial charge is 0.231 e. The van der Waals surface area contributed by atoms with Crippen LogP contribution in [-0.4, -0.2) is 19.9 Å². The fourth-order valence-corrected chi connectivity index (χ4v) is 3.40. The molecule has 0 aliphatic heterocycles. The van der Waals surface area contributed by atoms with E-state index >= 15 is 0 Å². The molecule has 5 nitrogen and oxygen atoms in total. The first-order chi connectivity index (χ1) is 9.60. The monoisotopic (exact) mass is 274 g/mol. The van der Waals surface area contributed by atoms with Gasteiger partial charge in [-0.05, 0) is 36.7 Å². The summed E-state index contributed by atoms with van der Waals surface area (Å²) in [6.07, 6.45) is 8.16. The maximum Gasteiger partial charge on any atom is 0.231 e. The predicted molar refractivity (Wildman–Crippen MR) is 75.2 cm³/mol. The second-order valence-electron chi connectivity index (χ2n) is 6.36. The zero-order valence-corrected chi connectivity index (χ0v) is 12.4. The van der Waals surface area contributed by atoms with Crippen LogP contribution in [0.3, 0.4) is 0 Å². The minimum atomic E-state index is 0.458. The summed E-state index contributed by atoms with van der Waals surface area (Å²) in [6, 6.07) is 0. The Balaban J connectivity index is 1.70. The summed E-state index contributed by atoms with van der Waals surface area (Å²) in [5, 5.41) is 8.35. The molecule has 2 atom stereocenters. The molecule has 1 fully saturated rings. The molecule has 0 amide bonds. The summed E-state index contributed by atoms with van der Waals surface area (Å²) < 4.78 is 7.19. The number of aryl methyl sites for hydroxylation is 1. The van der Waals surface area contributed by atoms with E-state index in [0.29, 0.717) is 18.2 Å². The molecule has 1 aliphatic carbocycles. The lowest BCUT2D eigenvalue weighted by molar-refractivity contribution is 0.257. The van der Waals surface area contributed by atoms with Gasteiger partial charge in [0.1, 0.15) is 0 Å². The van der Waals surface area contributed by atoms with Crippen LogP contribution in [0.25, 0.3) is 0 Å². The van der Waals surface area contributed by atoms with Crippen molar-refractivity contribution in [2.75, 3.05) is 0 Å². The first kappa shape index (κ1) is 13.3. The number of rotatable bonds is 3. The van der Waals surface area contributed by atoms with Crippen molar-refractivity contribution in [2.24, 2.45) is 18.9 Å². The van der Waals surface area contributed by atoms with Crippen LogP contribution < -0.4 is 0 Å². The van der Waals surface area contributed by atoms with E-state index < -0.39 is 0 Å². The van der Waals surface area contributed by atoms with Gasteiger partial charge in [-0.1, -0.05) is 19.0 Å². The molecule has 2 unspecified atom stereocenters. The summed E-state index contributed by atoms with van der Waals surface area (Å²) >= 11 is 0. The van der Waals surface area contributed by atoms with E-state index in [0.717, 1.165) is 23.2 Å². The first-order valence-corrected chi connectivity index (χ1v) is 7.40. The molecule has 0 aromatic carbocycles. The molecular weight excluding hydrogens is 252 g/mol. The van der Waals surface area contributed by atoms with Crippen molar-refractivity contribution in [3.63, 3.8) is 0 Å². The molecule has 2 heterocycles. The van der Waals surface area contributed by atoms with Crippen molar-refractivity contribution in [3.8, 4) is 0 Å². The average molecular weight is 274 g/mol. The van der Waals surface area contributed by atoms with Crippen LogP contribution in [0.5, 0.6) is 0 Å². The van der Waals surface area contributed by atoms with E-state index in [4.69, 9.17) is 4.52 Å². The molecule has 0 N–H and O–H groups in total. The average Bonchev–Trinajstić information content (AvgIpc) is 2.98. The summed E-state index contributed by atoms with van der Waals surface area (Å²) in [5.74, 6) is 3.55. The maximum absolute atomic E-state index is 5.40. The number of hydrogen-bond donors (Lipinski definition) is 0. The zero-order valence-electron chi connectivity index (χ0n) is 12.4. The van der Waals surface area contributed by atoms with Crippen molar-refractivity contribution >= 4 is 0 Å². The van der Waals surface area contributed by atoms with Crippen molar-refractivity contribution in [1.82, 2.24) is 19.9 Å². The van der Waals surface area contributed by atoms with Crippen LogP contribution in [0.2, 0.25) is 0 Å². The third-order valence-corrected chi connectivity index (χ3v) is 4.14. The minimum absolute atomic E-state index is 0.458. The summed E-state index contributed by atoms with van der Waals surface area (Å²) in [7, 11) is 1.91. The molecule has 5 heteroatoms. The third-order valence-electron chi connectivity index (χ3n) is 4.14. The van der Waals surface area contributed by atoms with Gasteiger partial charge < -0.3 is 4.52 Å². The van der Waals surface area contributed by atoms with E-state index in [9.17, 15) is 0 Å². The largest absolute Gasteiger partial charge is 0.339 e. The second kappa shape index (κ2) is 5.38. The Hall–Kier alpha value is -1.65. The SMILES string of the molecule is CC1CC(C)CC(c2noc(Cc3cnn(C)c3)n2)C1. The summed E-state index contributed by atoms with van der Waals surface area (Å²) in [4.78, 5) is 4.59. The lowest BCUT2D eigenvalue weighted by Gasteiger charge is -2.29. The van der Waals surface area contributed by atoms with Gasteiger partial charge in [0.15, 0.2) is 5.82 Å². The van der Waals surface area contributed by atoms with Crippen LogP contribution in [0.4, 0.5) is 0 Å². The summed E-state index contributed by atoms with van der Waals surface area (Å²) in [6.45, 7) is 4.64. The Morgan fingerprint density at radius 1 is 1.25 bits per heavy atom. The maximum atomic E-state index is 5.40. The number of hydrogen-bond acceptors (Lipinski definition) is 4. The molecule has 2 aromatic heterocycles. The Morgan fingerprint density at radius 2 is 2.00 bits per heavy atom. The second-order valence-corrected chi connectivity index (χ2v) is 6.36. The van der Waals surface area contributed by atoms with E-state index in [2.05, 4.69) is 29.1 Å². The van der Waals surface area contributed by atoms with Crippen LogP contribution in [0, 0.1) is 11.8 Å². The van der Waals surface area contributed by atoms with E-state index in [1.54, 1.807) is 4.68 Å². The minimum Gasteiger partial charge on any atom is -0.339 e. The van der Waals surface area contributed by atoms with Gasteiger partial charge in [0, 0.05) is 19.2 Å². The molecule has 1 saturated carbocycles. The fourth-order valence-electron chi connectivity index (χ4n) is 3.40. The van der Waals surface area contributed by atoms with E-state index in [1.807, 2.05) is 19.4 Å². The number of nitrogens with zero attached hydrogens (tertiary/aromatic N) is 4. The van der Waals surface area contributed by atoms with Crippen molar-refractivity contribution in [2.45, 2.75) is 45.4 Å².